The quantitative estimate of drug-likeness (QED) is 0.761. The van der Waals surface area contributed by atoms with Crippen molar-refractivity contribution in [1.82, 2.24) is 10.6 Å². The third-order valence-electron chi connectivity index (χ3n) is 1.51. The Labute approximate surface area is 81.5 Å². The van der Waals surface area contributed by atoms with Gasteiger partial charge in [-0.05, 0) is 18.6 Å². The summed E-state index contributed by atoms with van der Waals surface area (Å²) in [5.41, 5.74) is 0. The molecule has 0 radical (unpaired) electrons. The van der Waals surface area contributed by atoms with Crippen molar-refractivity contribution in [2.45, 2.75) is 13.3 Å². The zero-order chi connectivity index (χ0) is 10.4. The van der Waals surface area contributed by atoms with Crippen molar-refractivity contribution in [3.63, 3.8) is 0 Å². The lowest BCUT2D eigenvalue weighted by Gasteiger charge is -2.02. The molecular weight excluding hydrogens is 184 g/mol. The zero-order valence-corrected chi connectivity index (χ0v) is 7.87. The summed E-state index contributed by atoms with van der Waals surface area (Å²) >= 11 is 0. The van der Waals surface area contributed by atoms with Crippen molar-refractivity contribution in [3.05, 3.63) is 24.2 Å². The first-order valence-electron chi connectivity index (χ1n) is 4.36. The number of furan rings is 1. The predicted octanol–water partition coefficient (Wildman–Crippen LogP) is 1.13. The van der Waals surface area contributed by atoms with E-state index in [4.69, 9.17) is 4.42 Å². The molecule has 1 rings (SSSR count). The number of hydrogen-bond acceptors (Lipinski definition) is 3. The minimum absolute atomic E-state index is 0.122. The summed E-state index contributed by atoms with van der Waals surface area (Å²) in [6.07, 6.45) is 2.20. The molecule has 1 heterocycles. The lowest BCUT2D eigenvalue weighted by atomic mass is 10.4. The molecule has 3 amide bonds. The Morgan fingerprint density at radius 3 is 2.86 bits per heavy atom. The van der Waals surface area contributed by atoms with Crippen molar-refractivity contribution in [1.29, 1.82) is 0 Å². The second-order valence-corrected chi connectivity index (χ2v) is 2.69. The molecule has 0 aliphatic heterocycles. The lowest BCUT2D eigenvalue weighted by Crippen LogP contribution is -2.39. The molecule has 0 saturated carbocycles. The van der Waals surface area contributed by atoms with Gasteiger partial charge in [0.1, 0.15) is 0 Å². The van der Waals surface area contributed by atoms with Crippen LogP contribution < -0.4 is 10.6 Å². The van der Waals surface area contributed by atoms with Gasteiger partial charge in [0.15, 0.2) is 5.76 Å². The molecule has 14 heavy (non-hydrogen) atoms. The van der Waals surface area contributed by atoms with Gasteiger partial charge in [-0.3, -0.25) is 10.1 Å². The number of carbonyl (C=O) groups is 2. The highest BCUT2D eigenvalue weighted by Gasteiger charge is 2.11. The van der Waals surface area contributed by atoms with Crippen LogP contribution in [0.3, 0.4) is 0 Å². The summed E-state index contributed by atoms with van der Waals surface area (Å²) in [6.45, 7) is 2.46. The van der Waals surface area contributed by atoms with Crippen molar-refractivity contribution >= 4 is 11.9 Å². The molecule has 5 nitrogen and oxygen atoms in total. The van der Waals surface area contributed by atoms with Crippen LogP contribution in [0.15, 0.2) is 22.8 Å². The van der Waals surface area contributed by atoms with Gasteiger partial charge in [-0.2, -0.15) is 0 Å². The van der Waals surface area contributed by atoms with Crippen molar-refractivity contribution in [2.24, 2.45) is 0 Å². The molecular formula is C9H12N2O3. The maximum absolute atomic E-state index is 11.2. The van der Waals surface area contributed by atoms with Crippen LogP contribution >= 0.6 is 0 Å². The minimum Gasteiger partial charge on any atom is -0.459 e. The molecule has 0 bridgehead atoms. The zero-order valence-electron chi connectivity index (χ0n) is 7.87. The predicted molar refractivity (Wildman–Crippen MR) is 49.9 cm³/mol. The first-order valence-corrected chi connectivity index (χ1v) is 4.36. The van der Waals surface area contributed by atoms with Crippen LogP contribution in [0.2, 0.25) is 0 Å². The Bertz CT molecular complexity index is 306. The standard InChI is InChI=1S/C9H12N2O3/c1-2-5-10-9(13)11-8(12)7-4-3-6-14-7/h3-4,6H,2,5H2,1H3,(H2,10,11,12,13). The fraction of sp³-hybridized carbons (Fsp3) is 0.333. The van der Waals surface area contributed by atoms with Gasteiger partial charge in [-0.1, -0.05) is 6.92 Å². The van der Waals surface area contributed by atoms with Gasteiger partial charge in [0.25, 0.3) is 5.91 Å². The molecule has 2 N–H and O–H groups in total. The minimum atomic E-state index is -0.538. The number of hydrogen-bond donors (Lipinski definition) is 2. The maximum Gasteiger partial charge on any atom is 0.321 e. The van der Waals surface area contributed by atoms with Gasteiger partial charge in [-0.15, -0.1) is 0 Å². The van der Waals surface area contributed by atoms with Crippen LogP contribution in [0.1, 0.15) is 23.9 Å². The maximum atomic E-state index is 11.2. The third-order valence-corrected chi connectivity index (χ3v) is 1.51. The number of nitrogens with one attached hydrogen (secondary N) is 2. The summed E-state index contributed by atoms with van der Waals surface area (Å²) in [7, 11) is 0. The van der Waals surface area contributed by atoms with Crippen LogP contribution in [0, 0.1) is 0 Å². The van der Waals surface area contributed by atoms with Gasteiger partial charge < -0.3 is 9.73 Å². The third kappa shape index (κ3) is 2.93. The number of imide groups is 1. The molecule has 0 atom stereocenters. The number of rotatable bonds is 3. The van der Waals surface area contributed by atoms with E-state index in [0.29, 0.717) is 6.54 Å². The molecule has 0 spiro atoms. The van der Waals surface area contributed by atoms with E-state index < -0.39 is 11.9 Å². The largest absolute Gasteiger partial charge is 0.459 e. The van der Waals surface area contributed by atoms with Gasteiger partial charge in [0, 0.05) is 6.54 Å². The molecule has 0 aliphatic carbocycles. The van der Waals surface area contributed by atoms with Crippen molar-refractivity contribution in [3.8, 4) is 0 Å². The topological polar surface area (TPSA) is 71.3 Å². The van der Waals surface area contributed by atoms with E-state index in [9.17, 15) is 9.59 Å². The highest BCUT2D eigenvalue weighted by atomic mass is 16.3. The average molecular weight is 196 g/mol. The van der Waals surface area contributed by atoms with Crippen LogP contribution in [0.5, 0.6) is 0 Å². The average Bonchev–Trinajstić information content (AvgIpc) is 2.67. The van der Waals surface area contributed by atoms with Crippen LogP contribution in [-0.4, -0.2) is 18.5 Å². The Morgan fingerprint density at radius 1 is 1.50 bits per heavy atom. The van der Waals surface area contributed by atoms with E-state index >= 15 is 0 Å². The second-order valence-electron chi connectivity index (χ2n) is 2.69. The fourth-order valence-electron chi connectivity index (χ4n) is 0.855. The van der Waals surface area contributed by atoms with Crippen LogP contribution in [-0.2, 0) is 0 Å². The molecule has 0 aliphatic rings. The number of carbonyl (C=O) groups excluding carboxylic acids is 2. The smallest absolute Gasteiger partial charge is 0.321 e. The summed E-state index contributed by atoms with van der Waals surface area (Å²) in [5, 5.41) is 4.65. The molecule has 5 heteroatoms. The Balaban J connectivity index is 2.38. The van der Waals surface area contributed by atoms with E-state index in [2.05, 4.69) is 10.6 Å². The molecule has 0 fully saturated rings. The number of amides is 3. The molecule has 1 aromatic heterocycles. The number of urea groups is 1. The molecule has 0 unspecified atom stereocenters. The van der Waals surface area contributed by atoms with E-state index in [0.717, 1.165) is 6.42 Å². The monoisotopic (exact) mass is 196 g/mol. The summed E-state index contributed by atoms with van der Waals surface area (Å²) in [6, 6.07) is 2.56. The highest BCUT2D eigenvalue weighted by Crippen LogP contribution is 1.98. The molecule has 0 saturated heterocycles. The molecule has 76 valence electrons. The SMILES string of the molecule is CCCNC(=O)NC(=O)c1ccco1. The molecule has 0 aromatic carbocycles. The lowest BCUT2D eigenvalue weighted by molar-refractivity contribution is 0.0937. The second kappa shape index (κ2) is 5.06. The van der Waals surface area contributed by atoms with Gasteiger partial charge in [0.05, 0.1) is 6.26 Å². The fourth-order valence-corrected chi connectivity index (χ4v) is 0.855. The van der Waals surface area contributed by atoms with Gasteiger partial charge >= 0.3 is 6.03 Å². The van der Waals surface area contributed by atoms with Gasteiger partial charge in [0.2, 0.25) is 0 Å². The van der Waals surface area contributed by atoms with E-state index in [-0.39, 0.29) is 5.76 Å². The Kier molecular flexibility index (Phi) is 3.72. The summed E-state index contributed by atoms with van der Waals surface area (Å²) < 4.78 is 4.81. The Hall–Kier alpha value is -1.78. The van der Waals surface area contributed by atoms with E-state index in [1.165, 1.54) is 12.3 Å². The van der Waals surface area contributed by atoms with Crippen molar-refractivity contribution < 1.29 is 14.0 Å². The van der Waals surface area contributed by atoms with Crippen LogP contribution in [0.25, 0.3) is 0 Å². The highest BCUT2D eigenvalue weighted by molar-refractivity contribution is 6.02. The van der Waals surface area contributed by atoms with E-state index in [1.807, 2.05) is 6.92 Å². The molecule has 1 aromatic rings. The first kappa shape index (κ1) is 10.3. The van der Waals surface area contributed by atoms with Crippen molar-refractivity contribution in [2.75, 3.05) is 6.54 Å². The summed E-state index contributed by atoms with van der Waals surface area (Å²) in [4.78, 5) is 22.2. The van der Waals surface area contributed by atoms with Crippen LogP contribution in [0.4, 0.5) is 4.79 Å². The normalized spacial score (nSPS) is 9.50. The van der Waals surface area contributed by atoms with E-state index in [1.54, 1.807) is 6.07 Å². The first-order chi connectivity index (χ1) is 6.74. The summed E-state index contributed by atoms with van der Waals surface area (Å²) in [5.74, 6) is -0.416. The van der Waals surface area contributed by atoms with Gasteiger partial charge in [-0.25, -0.2) is 4.79 Å². The Morgan fingerprint density at radius 2 is 2.29 bits per heavy atom.